The molecular formula is C38H25N3OS2. The number of nitrogens with zero attached hydrogens (tertiary/aromatic N) is 2. The molecule has 0 unspecified atom stereocenters. The highest BCUT2D eigenvalue weighted by molar-refractivity contribution is 7.80. The lowest BCUT2D eigenvalue weighted by Crippen LogP contribution is -1.92. The number of hydrogen-bond acceptors (Lipinski definition) is 6. The maximum Gasteiger partial charge on any atom is 0.227 e. The van der Waals surface area contributed by atoms with Crippen LogP contribution in [0.4, 0.5) is 11.4 Å². The molecule has 210 valence electrons. The Labute approximate surface area is 264 Å². The minimum absolute atomic E-state index is 0.570. The van der Waals surface area contributed by atoms with Crippen molar-refractivity contribution in [3.63, 3.8) is 0 Å². The molecule has 0 saturated heterocycles. The highest BCUT2D eigenvalue weighted by Gasteiger charge is 2.15. The normalized spacial score (nSPS) is 11.3. The Morgan fingerprint density at radius 1 is 0.568 bits per heavy atom. The molecule has 8 aromatic rings. The Bertz CT molecular complexity index is 2260. The molecule has 0 aliphatic rings. The van der Waals surface area contributed by atoms with E-state index < -0.39 is 0 Å². The summed E-state index contributed by atoms with van der Waals surface area (Å²) in [5.41, 5.74) is 11.0. The summed E-state index contributed by atoms with van der Waals surface area (Å²) in [5, 5.41) is 4.50. The van der Waals surface area contributed by atoms with E-state index in [2.05, 4.69) is 90.2 Å². The quantitative estimate of drug-likeness (QED) is 0.186. The minimum Gasteiger partial charge on any atom is -0.436 e. The maximum atomic E-state index is 6.17. The highest BCUT2D eigenvalue weighted by Crippen LogP contribution is 2.37. The SMILES string of the molecule is Sc1cc(-c2nc3c(-c4ccccc4)cccc3o2)ccc1Nc1ccc(-c2nc3c(-c4ccccc4)cccc3s2)cc1. The molecule has 6 aromatic carbocycles. The van der Waals surface area contributed by atoms with Gasteiger partial charge >= 0.3 is 0 Å². The molecular weight excluding hydrogens is 579 g/mol. The second kappa shape index (κ2) is 11.2. The molecule has 1 N–H and O–H groups in total. The van der Waals surface area contributed by atoms with Gasteiger partial charge in [-0.05, 0) is 65.7 Å². The standard InChI is InChI=1S/C38H25N3OS2/c43-33-23-27(37-40-35-29(13-7-15-32(35)42-37)24-9-3-1-4-10-24)19-22-31(33)39-28-20-17-26(18-21-28)38-41-36-30(14-8-16-34(36)44-38)25-11-5-2-6-12-25/h1-23,39,43H. The zero-order chi connectivity index (χ0) is 29.5. The number of anilines is 2. The van der Waals surface area contributed by atoms with E-state index in [0.717, 1.165) is 65.7 Å². The largest absolute Gasteiger partial charge is 0.436 e. The van der Waals surface area contributed by atoms with Crippen molar-refractivity contribution in [2.75, 3.05) is 5.32 Å². The first-order valence-corrected chi connectivity index (χ1v) is 15.6. The third-order valence-corrected chi connectivity index (χ3v) is 9.10. The molecule has 0 saturated carbocycles. The van der Waals surface area contributed by atoms with Gasteiger partial charge in [-0.25, -0.2) is 9.97 Å². The number of thiazole rings is 1. The zero-order valence-electron chi connectivity index (χ0n) is 23.4. The molecule has 0 aliphatic heterocycles. The fourth-order valence-corrected chi connectivity index (χ4v) is 6.73. The van der Waals surface area contributed by atoms with Crippen molar-refractivity contribution in [3.05, 3.63) is 140 Å². The summed E-state index contributed by atoms with van der Waals surface area (Å²) >= 11 is 6.51. The van der Waals surface area contributed by atoms with Gasteiger partial charge in [0.2, 0.25) is 5.89 Å². The molecule has 0 radical (unpaired) electrons. The first-order valence-electron chi connectivity index (χ1n) is 14.3. The molecule has 2 aromatic heterocycles. The van der Waals surface area contributed by atoms with E-state index in [1.54, 1.807) is 11.3 Å². The van der Waals surface area contributed by atoms with E-state index in [1.807, 2.05) is 54.6 Å². The van der Waals surface area contributed by atoms with E-state index in [9.17, 15) is 0 Å². The van der Waals surface area contributed by atoms with Crippen LogP contribution < -0.4 is 5.32 Å². The molecule has 2 heterocycles. The smallest absolute Gasteiger partial charge is 0.227 e. The number of aromatic nitrogens is 2. The number of nitrogens with one attached hydrogen (secondary N) is 1. The van der Waals surface area contributed by atoms with Crippen LogP contribution in [-0.4, -0.2) is 9.97 Å². The van der Waals surface area contributed by atoms with Crippen LogP contribution in [0.1, 0.15) is 0 Å². The summed E-state index contributed by atoms with van der Waals surface area (Å²) < 4.78 is 7.35. The summed E-state index contributed by atoms with van der Waals surface area (Å²) in [6.07, 6.45) is 0. The van der Waals surface area contributed by atoms with Crippen molar-refractivity contribution < 1.29 is 4.42 Å². The number of oxazole rings is 1. The van der Waals surface area contributed by atoms with Crippen LogP contribution >= 0.6 is 24.0 Å². The number of para-hydroxylation sites is 2. The van der Waals surface area contributed by atoms with Gasteiger partial charge < -0.3 is 9.73 Å². The third-order valence-electron chi connectivity index (χ3n) is 7.66. The molecule has 0 spiro atoms. The molecule has 8 rings (SSSR count). The van der Waals surface area contributed by atoms with Crippen LogP contribution in [0.15, 0.2) is 149 Å². The Balaban J connectivity index is 1.04. The lowest BCUT2D eigenvalue weighted by atomic mass is 10.0. The van der Waals surface area contributed by atoms with Crippen LogP contribution in [0.5, 0.6) is 0 Å². The van der Waals surface area contributed by atoms with E-state index in [4.69, 9.17) is 27.0 Å². The Hall–Kier alpha value is -5.17. The number of hydrogen-bond donors (Lipinski definition) is 2. The summed E-state index contributed by atoms with van der Waals surface area (Å²) in [5.74, 6) is 0.570. The Kier molecular flexibility index (Phi) is 6.71. The van der Waals surface area contributed by atoms with E-state index >= 15 is 0 Å². The number of benzene rings is 6. The third kappa shape index (κ3) is 4.94. The van der Waals surface area contributed by atoms with Gasteiger partial charge in [0.05, 0.1) is 15.9 Å². The fourth-order valence-electron chi connectivity index (χ4n) is 5.47. The van der Waals surface area contributed by atoms with Gasteiger partial charge in [-0.3, -0.25) is 0 Å². The molecule has 0 amide bonds. The van der Waals surface area contributed by atoms with Gasteiger partial charge in [0.25, 0.3) is 0 Å². The lowest BCUT2D eigenvalue weighted by molar-refractivity contribution is 0.619. The van der Waals surface area contributed by atoms with Crippen LogP contribution in [0.2, 0.25) is 0 Å². The van der Waals surface area contributed by atoms with Crippen LogP contribution in [0.3, 0.4) is 0 Å². The second-order valence-electron chi connectivity index (χ2n) is 10.5. The van der Waals surface area contributed by atoms with Gasteiger partial charge in [0, 0.05) is 32.8 Å². The second-order valence-corrected chi connectivity index (χ2v) is 12.0. The van der Waals surface area contributed by atoms with Gasteiger partial charge in [-0.1, -0.05) is 84.9 Å². The van der Waals surface area contributed by atoms with Crippen molar-refractivity contribution in [1.82, 2.24) is 9.97 Å². The number of rotatable bonds is 6. The van der Waals surface area contributed by atoms with Gasteiger partial charge in [0.15, 0.2) is 5.58 Å². The Morgan fingerprint density at radius 2 is 1.23 bits per heavy atom. The predicted octanol–water partition coefficient (Wildman–Crippen LogP) is 11.1. The van der Waals surface area contributed by atoms with Crippen molar-refractivity contribution in [2.24, 2.45) is 0 Å². The Morgan fingerprint density at radius 3 is 1.93 bits per heavy atom. The van der Waals surface area contributed by atoms with Crippen LogP contribution in [0, 0.1) is 0 Å². The van der Waals surface area contributed by atoms with Crippen LogP contribution in [-0.2, 0) is 0 Å². The monoisotopic (exact) mass is 603 g/mol. The van der Waals surface area contributed by atoms with Crippen molar-refractivity contribution in [3.8, 4) is 44.3 Å². The predicted molar refractivity (Wildman–Crippen MR) is 186 cm³/mol. The highest BCUT2D eigenvalue weighted by atomic mass is 32.1. The first-order chi connectivity index (χ1) is 21.7. The summed E-state index contributed by atoms with van der Waals surface area (Å²) in [6.45, 7) is 0. The number of thiol groups is 1. The van der Waals surface area contributed by atoms with Crippen molar-refractivity contribution in [1.29, 1.82) is 0 Å². The van der Waals surface area contributed by atoms with Crippen molar-refractivity contribution in [2.45, 2.75) is 4.90 Å². The fraction of sp³-hybridized carbons (Fsp3) is 0. The molecule has 0 atom stereocenters. The van der Waals surface area contributed by atoms with Gasteiger partial charge in [-0.2, -0.15) is 0 Å². The molecule has 6 heteroatoms. The average molecular weight is 604 g/mol. The van der Waals surface area contributed by atoms with Gasteiger partial charge in [-0.15, -0.1) is 24.0 Å². The maximum absolute atomic E-state index is 6.17. The molecule has 0 fully saturated rings. The van der Waals surface area contributed by atoms with E-state index in [0.29, 0.717) is 5.89 Å². The topological polar surface area (TPSA) is 51.0 Å². The summed E-state index contributed by atoms with van der Waals surface area (Å²) in [4.78, 5) is 10.7. The number of fused-ring (bicyclic) bond motifs is 2. The van der Waals surface area contributed by atoms with Crippen molar-refractivity contribution >= 4 is 56.7 Å². The van der Waals surface area contributed by atoms with Gasteiger partial charge in [0.1, 0.15) is 10.5 Å². The average Bonchev–Trinajstić information content (AvgIpc) is 3.72. The lowest BCUT2D eigenvalue weighted by Gasteiger charge is -2.10. The summed E-state index contributed by atoms with van der Waals surface area (Å²) in [7, 11) is 0. The van der Waals surface area contributed by atoms with E-state index in [1.165, 1.54) is 10.3 Å². The molecule has 0 bridgehead atoms. The summed E-state index contributed by atoms with van der Waals surface area (Å²) in [6, 6.07) is 47.5. The molecule has 4 nitrogen and oxygen atoms in total. The molecule has 44 heavy (non-hydrogen) atoms. The molecule has 0 aliphatic carbocycles. The minimum atomic E-state index is 0.570. The first kappa shape index (κ1) is 26.5. The van der Waals surface area contributed by atoms with Crippen LogP contribution in [0.25, 0.3) is 65.6 Å². The van der Waals surface area contributed by atoms with E-state index in [-0.39, 0.29) is 0 Å². The zero-order valence-corrected chi connectivity index (χ0v) is 25.1.